The molecule has 0 saturated heterocycles. The van der Waals surface area contributed by atoms with E-state index < -0.39 is 12.0 Å². The lowest BCUT2D eigenvalue weighted by atomic mass is 10.1. The molecule has 0 fully saturated rings. The lowest BCUT2D eigenvalue weighted by Crippen LogP contribution is -2.39. The molecule has 1 aromatic heterocycles. The van der Waals surface area contributed by atoms with Crippen LogP contribution in [0.2, 0.25) is 0 Å². The van der Waals surface area contributed by atoms with Crippen molar-refractivity contribution >= 4 is 11.9 Å². The molecule has 104 valence electrons. The zero-order valence-electron chi connectivity index (χ0n) is 10.7. The van der Waals surface area contributed by atoms with Crippen LogP contribution >= 0.6 is 0 Å². The Hall–Kier alpha value is -2.77. The summed E-state index contributed by atoms with van der Waals surface area (Å²) in [7, 11) is 0. The molecular formula is C12H13N5O3. The van der Waals surface area contributed by atoms with Crippen LogP contribution in [-0.4, -0.2) is 43.2 Å². The van der Waals surface area contributed by atoms with Gasteiger partial charge in [-0.05, 0) is 35.0 Å². The third-order valence-corrected chi connectivity index (χ3v) is 2.66. The lowest BCUT2D eigenvalue weighted by molar-refractivity contribution is -0.141. The van der Waals surface area contributed by atoms with Crippen molar-refractivity contribution in [2.24, 2.45) is 0 Å². The van der Waals surface area contributed by atoms with Gasteiger partial charge in [-0.15, -0.1) is 5.10 Å². The maximum absolute atomic E-state index is 11.6. The summed E-state index contributed by atoms with van der Waals surface area (Å²) in [5.41, 5.74) is 1.55. The summed E-state index contributed by atoms with van der Waals surface area (Å²) in [6.45, 7) is 1.42. The first kappa shape index (κ1) is 13.7. The number of hydrogen-bond acceptors (Lipinski definition) is 5. The summed E-state index contributed by atoms with van der Waals surface area (Å²) in [5, 5.41) is 21.9. The van der Waals surface area contributed by atoms with E-state index in [0.717, 1.165) is 11.3 Å². The molecule has 2 N–H and O–H groups in total. The van der Waals surface area contributed by atoms with Gasteiger partial charge in [0.1, 0.15) is 12.4 Å². The van der Waals surface area contributed by atoms with E-state index in [1.54, 1.807) is 24.3 Å². The second-order valence-corrected chi connectivity index (χ2v) is 4.23. The number of carboxylic acids is 1. The molecule has 1 atom stereocenters. The van der Waals surface area contributed by atoms with E-state index in [4.69, 9.17) is 5.11 Å². The van der Waals surface area contributed by atoms with Crippen molar-refractivity contribution in [3.8, 4) is 5.69 Å². The number of aliphatic carboxylic acids is 1. The molecule has 0 unspecified atom stereocenters. The molecule has 8 nitrogen and oxygen atoms in total. The summed E-state index contributed by atoms with van der Waals surface area (Å²) in [5.74, 6) is -1.40. The summed E-state index contributed by atoms with van der Waals surface area (Å²) >= 11 is 0. The number of carbonyl (C=O) groups is 2. The molecule has 2 aromatic rings. The first-order valence-corrected chi connectivity index (χ1v) is 5.91. The average Bonchev–Trinajstić information content (AvgIpc) is 2.93. The summed E-state index contributed by atoms with van der Waals surface area (Å²) < 4.78 is 1.50. The standard InChI is InChI=1S/C12H13N5O3/c1-8(12(19)20)14-11(18)6-9-2-4-10(5-3-9)17-7-13-15-16-17/h2-5,7-8H,6H2,1H3,(H,14,18)(H,19,20)/t8-/m1/s1. The van der Waals surface area contributed by atoms with E-state index in [1.807, 2.05) is 0 Å². The fourth-order valence-corrected chi connectivity index (χ4v) is 1.59. The van der Waals surface area contributed by atoms with Crippen LogP contribution in [0.15, 0.2) is 30.6 Å². The Labute approximate surface area is 114 Å². The molecule has 2 rings (SSSR count). The minimum absolute atomic E-state index is 0.119. The fourth-order valence-electron chi connectivity index (χ4n) is 1.59. The SMILES string of the molecule is C[C@@H](NC(=O)Cc1ccc(-n2cnnn2)cc1)C(=O)O. The number of hydrogen-bond donors (Lipinski definition) is 2. The summed E-state index contributed by atoms with van der Waals surface area (Å²) in [4.78, 5) is 22.3. The monoisotopic (exact) mass is 275 g/mol. The number of nitrogens with zero attached hydrogens (tertiary/aromatic N) is 4. The predicted molar refractivity (Wildman–Crippen MR) is 68.1 cm³/mol. The lowest BCUT2D eigenvalue weighted by Gasteiger charge is -2.09. The molecule has 1 heterocycles. The van der Waals surface area contributed by atoms with Gasteiger partial charge in [0.15, 0.2) is 0 Å². The smallest absolute Gasteiger partial charge is 0.325 e. The van der Waals surface area contributed by atoms with Crippen LogP contribution in [-0.2, 0) is 16.0 Å². The number of benzene rings is 1. The molecule has 0 bridgehead atoms. The highest BCUT2D eigenvalue weighted by Crippen LogP contribution is 2.08. The average molecular weight is 275 g/mol. The first-order chi connectivity index (χ1) is 9.56. The highest BCUT2D eigenvalue weighted by Gasteiger charge is 2.13. The Morgan fingerprint density at radius 1 is 1.35 bits per heavy atom. The summed E-state index contributed by atoms with van der Waals surface area (Å²) in [6.07, 6.45) is 1.59. The highest BCUT2D eigenvalue weighted by atomic mass is 16.4. The van der Waals surface area contributed by atoms with Gasteiger partial charge in [0.25, 0.3) is 0 Å². The largest absolute Gasteiger partial charge is 0.480 e. The van der Waals surface area contributed by atoms with Crippen LogP contribution in [0.5, 0.6) is 0 Å². The van der Waals surface area contributed by atoms with Crippen molar-refractivity contribution in [1.29, 1.82) is 0 Å². The van der Waals surface area contributed by atoms with Gasteiger partial charge in [-0.2, -0.15) is 0 Å². The van der Waals surface area contributed by atoms with Gasteiger partial charge in [-0.1, -0.05) is 12.1 Å². The third-order valence-electron chi connectivity index (χ3n) is 2.66. The van der Waals surface area contributed by atoms with E-state index in [2.05, 4.69) is 20.8 Å². The molecule has 0 aliphatic heterocycles. The second-order valence-electron chi connectivity index (χ2n) is 4.23. The normalized spacial score (nSPS) is 11.8. The van der Waals surface area contributed by atoms with Gasteiger partial charge < -0.3 is 10.4 Å². The number of tetrazole rings is 1. The Balaban J connectivity index is 1.97. The van der Waals surface area contributed by atoms with Crippen LogP contribution in [0.1, 0.15) is 12.5 Å². The molecule has 1 amide bonds. The van der Waals surface area contributed by atoms with Gasteiger partial charge in [0, 0.05) is 0 Å². The molecule has 0 saturated carbocycles. The topological polar surface area (TPSA) is 110 Å². The van der Waals surface area contributed by atoms with Crippen molar-refractivity contribution in [2.75, 3.05) is 0 Å². The number of carboxylic acid groups (broad SMARTS) is 1. The Bertz CT molecular complexity index is 594. The van der Waals surface area contributed by atoms with E-state index in [-0.39, 0.29) is 12.3 Å². The van der Waals surface area contributed by atoms with E-state index in [9.17, 15) is 9.59 Å². The van der Waals surface area contributed by atoms with Crippen molar-refractivity contribution < 1.29 is 14.7 Å². The molecule has 0 radical (unpaired) electrons. The number of rotatable bonds is 5. The zero-order chi connectivity index (χ0) is 14.5. The summed E-state index contributed by atoms with van der Waals surface area (Å²) in [6, 6.07) is 6.19. The molecule has 0 spiro atoms. The van der Waals surface area contributed by atoms with Crippen molar-refractivity contribution in [2.45, 2.75) is 19.4 Å². The predicted octanol–water partition coefficient (Wildman–Crippen LogP) is -0.206. The van der Waals surface area contributed by atoms with Crippen LogP contribution in [0.3, 0.4) is 0 Å². The van der Waals surface area contributed by atoms with Gasteiger partial charge in [0.2, 0.25) is 5.91 Å². The van der Waals surface area contributed by atoms with Crippen molar-refractivity contribution in [3.63, 3.8) is 0 Å². The minimum Gasteiger partial charge on any atom is -0.480 e. The first-order valence-electron chi connectivity index (χ1n) is 5.91. The highest BCUT2D eigenvalue weighted by molar-refractivity contribution is 5.84. The maximum atomic E-state index is 11.6. The van der Waals surface area contributed by atoms with Crippen LogP contribution in [0.25, 0.3) is 5.69 Å². The molecule has 8 heteroatoms. The van der Waals surface area contributed by atoms with Gasteiger partial charge in [-0.25, -0.2) is 4.68 Å². The van der Waals surface area contributed by atoms with E-state index in [1.165, 1.54) is 17.9 Å². The van der Waals surface area contributed by atoms with Crippen LogP contribution in [0.4, 0.5) is 0 Å². The number of nitrogens with one attached hydrogen (secondary N) is 1. The third kappa shape index (κ3) is 3.37. The Morgan fingerprint density at radius 3 is 2.60 bits per heavy atom. The van der Waals surface area contributed by atoms with Crippen LogP contribution < -0.4 is 5.32 Å². The van der Waals surface area contributed by atoms with E-state index >= 15 is 0 Å². The second kappa shape index (κ2) is 5.91. The minimum atomic E-state index is -1.06. The van der Waals surface area contributed by atoms with E-state index in [0.29, 0.717) is 0 Å². The van der Waals surface area contributed by atoms with Gasteiger partial charge in [0.05, 0.1) is 12.1 Å². The number of aromatic nitrogens is 4. The van der Waals surface area contributed by atoms with Crippen LogP contribution in [0, 0.1) is 0 Å². The van der Waals surface area contributed by atoms with Crippen molar-refractivity contribution in [3.05, 3.63) is 36.2 Å². The molecule has 0 aliphatic carbocycles. The zero-order valence-corrected chi connectivity index (χ0v) is 10.7. The number of amides is 1. The fraction of sp³-hybridized carbons (Fsp3) is 0.250. The maximum Gasteiger partial charge on any atom is 0.325 e. The molecular weight excluding hydrogens is 262 g/mol. The molecule has 0 aliphatic rings. The van der Waals surface area contributed by atoms with Gasteiger partial charge >= 0.3 is 5.97 Å². The Kier molecular flexibility index (Phi) is 4.04. The van der Waals surface area contributed by atoms with Gasteiger partial charge in [-0.3, -0.25) is 9.59 Å². The molecule has 20 heavy (non-hydrogen) atoms. The quantitative estimate of drug-likeness (QED) is 0.781. The molecule has 1 aromatic carbocycles. The number of carbonyl (C=O) groups excluding carboxylic acids is 1. The van der Waals surface area contributed by atoms with Crippen molar-refractivity contribution in [1.82, 2.24) is 25.5 Å². The Morgan fingerprint density at radius 2 is 2.05 bits per heavy atom.